The number of carbonyl (C=O) groups excluding carboxylic acids is 2. The molecule has 122 valence electrons. The van der Waals surface area contributed by atoms with Crippen LogP contribution < -0.4 is 5.32 Å². The number of carbonyl (C=O) groups is 2. The number of benzene rings is 1. The number of amides is 2. The largest absolute Gasteiger partial charge is 0.350 e. The molecule has 0 aliphatic carbocycles. The highest BCUT2D eigenvalue weighted by atomic mass is 16.2. The van der Waals surface area contributed by atoms with Gasteiger partial charge < -0.3 is 15.1 Å². The molecular formula is C17H27N3O2. The maximum absolute atomic E-state index is 12.0. The number of rotatable bonds is 8. The highest BCUT2D eigenvalue weighted by molar-refractivity contribution is 5.83. The van der Waals surface area contributed by atoms with Crippen molar-refractivity contribution in [2.24, 2.45) is 0 Å². The summed E-state index contributed by atoms with van der Waals surface area (Å²) < 4.78 is 0. The Balaban J connectivity index is 2.39. The third kappa shape index (κ3) is 7.22. The first-order valence-electron chi connectivity index (χ1n) is 7.61. The minimum Gasteiger partial charge on any atom is -0.350 e. The summed E-state index contributed by atoms with van der Waals surface area (Å²) in [6.45, 7) is 5.64. The van der Waals surface area contributed by atoms with Crippen LogP contribution in [0.4, 0.5) is 0 Å². The highest BCUT2D eigenvalue weighted by Gasteiger charge is 2.13. The van der Waals surface area contributed by atoms with E-state index in [1.54, 1.807) is 4.90 Å². The van der Waals surface area contributed by atoms with Crippen molar-refractivity contribution in [1.29, 1.82) is 0 Å². The first-order chi connectivity index (χ1) is 10.4. The highest BCUT2D eigenvalue weighted by Crippen LogP contribution is 2.02. The molecule has 0 radical (unpaired) electrons. The van der Waals surface area contributed by atoms with E-state index in [4.69, 9.17) is 0 Å². The molecule has 5 heteroatoms. The molecule has 1 aromatic carbocycles. The molecule has 0 bridgehead atoms. The molecule has 0 fully saturated rings. The standard InChI is InChI=1S/C17H27N3O2/c1-14-6-8-16(9-7-14)12-18-17(22)13-20(15(2)21)11-5-10-19(3)4/h6-9H,5,10-13H2,1-4H3,(H,18,22). The van der Waals surface area contributed by atoms with Crippen LogP contribution in [0.25, 0.3) is 0 Å². The maximum atomic E-state index is 12.0. The Bertz CT molecular complexity index is 483. The van der Waals surface area contributed by atoms with Gasteiger partial charge in [-0.1, -0.05) is 29.8 Å². The van der Waals surface area contributed by atoms with Gasteiger partial charge in [-0.05, 0) is 39.5 Å². The van der Waals surface area contributed by atoms with Crippen LogP contribution in [-0.2, 0) is 16.1 Å². The molecular weight excluding hydrogens is 278 g/mol. The Hall–Kier alpha value is -1.88. The Morgan fingerprint density at radius 1 is 1.09 bits per heavy atom. The fourth-order valence-corrected chi connectivity index (χ4v) is 2.06. The average Bonchev–Trinajstić information content (AvgIpc) is 2.45. The van der Waals surface area contributed by atoms with Gasteiger partial charge >= 0.3 is 0 Å². The second-order valence-electron chi connectivity index (χ2n) is 5.86. The van der Waals surface area contributed by atoms with Gasteiger partial charge in [-0.2, -0.15) is 0 Å². The van der Waals surface area contributed by atoms with Crippen molar-refractivity contribution in [2.45, 2.75) is 26.8 Å². The van der Waals surface area contributed by atoms with Crippen molar-refractivity contribution >= 4 is 11.8 Å². The van der Waals surface area contributed by atoms with Gasteiger partial charge in [0, 0.05) is 20.0 Å². The molecule has 22 heavy (non-hydrogen) atoms. The summed E-state index contributed by atoms with van der Waals surface area (Å²) >= 11 is 0. The van der Waals surface area contributed by atoms with Crippen LogP contribution in [-0.4, -0.2) is 55.3 Å². The third-order valence-electron chi connectivity index (χ3n) is 3.42. The molecule has 0 atom stereocenters. The lowest BCUT2D eigenvalue weighted by molar-refractivity contribution is -0.134. The molecule has 0 unspecified atom stereocenters. The van der Waals surface area contributed by atoms with E-state index in [1.165, 1.54) is 12.5 Å². The fraction of sp³-hybridized carbons (Fsp3) is 0.529. The molecule has 0 saturated heterocycles. The molecule has 0 heterocycles. The summed E-state index contributed by atoms with van der Waals surface area (Å²) in [5, 5.41) is 2.86. The van der Waals surface area contributed by atoms with Crippen LogP contribution >= 0.6 is 0 Å². The van der Waals surface area contributed by atoms with E-state index < -0.39 is 0 Å². The van der Waals surface area contributed by atoms with Gasteiger partial charge in [0.25, 0.3) is 0 Å². The van der Waals surface area contributed by atoms with E-state index in [2.05, 4.69) is 10.2 Å². The van der Waals surface area contributed by atoms with Crippen molar-refractivity contribution < 1.29 is 9.59 Å². The molecule has 0 aromatic heterocycles. The van der Waals surface area contributed by atoms with Crippen LogP contribution in [0.15, 0.2) is 24.3 Å². The summed E-state index contributed by atoms with van der Waals surface area (Å²) in [6.07, 6.45) is 0.859. The van der Waals surface area contributed by atoms with Crippen LogP contribution in [0.3, 0.4) is 0 Å². The zero-order chi connectivity index (χ0) is 16.5. The topological polar surface area (TPSA) is 52.7 Å². The van der Waals surface area contributed by atoms with Gasteiger partial charge in [-0.3, -0.25) is 9.59 Å². The molecule has 0 saturated carbocycles. The van der Waals surface area contributed by atoms with Gasteiger partial charge in [0.15, 0.2) is 0 Å². The van der Waals surface area contributed by atoms with E-state index in [9.17, 15) is 9.59 Å². The predicted molar refractivity (Wildman–Crippen MR) is 88.5 cm³/mol. The molecule has 0 aliphatic rings. The quantitative estimate of drug-likeness (QED) is 0.790. The van der Waals surface area contributed by atoms with E-state index >= 15 is 0 Å². The Kier molecular flexibility index (Phi) is 7.60. The number of nitrogens with one attached hydrogen (secondary N) is 1. The van der Waals surface area contributed by atoms with E-state index in [1.807, 2.05) is 45.3 Å². The number of aryl methyl sites for hydroxylation is 1. The smallest absolute Gasteiger partial charge is 0.239 e. The number of nitrogens with zero attached hydrogens (tertiary/aromatic N) is 2. The van der Waals surface area contributed by atoms with Crippen molar-refractivity contribution in [3.63, 3.8) is 0 Å². The minimum atomic E-state index is -0.124. The van der Waals surface area contributed by atoms with E-state index in [0.29, 0.717) is 13.1 Å². The van der Waals surface area contributed by atoms with E-state index in [-0.39, 0.29) is 18.4 Å². The average molecular weight is 305 g/mol. The molecule has 2 amide bonds. The van der Waals surface area contributed by atoms with Crippen molar-refractivity contribution in [1.82, 2.24) is 15.1 Å². The first-order valence-corrected chi connectivity index (χ1v) is 7.61. The normalized spacial score (nSPS) is 10.6. The van der Waals surface area contributed by atoms with Crippen LogP contribution in [0, 0.1) is 6.92 Å². The molecule has 0 aliphatic heterocycles. The first kappa shape index (κ1) is 18.2. The molecule has 1 rings (SSSR count). The minimum absolute atomic E-state index is 0.0655. The Morgan fingerprint density at radius 2 is 1.73 bits per heavy atom. The Labute approximate surface area is 133 Å². The summed E-state index contributed by atoms with van der Waals surface area (Å²) in [5.41, 5.74) is 2.25. The van der Waals surface area contributed by atoms with Gasteiger partial charge in [0.2, 0.25) is 11.8 Å². The summed E-state index contributed by atoms with van der Waals surface area (Å²) in [4.78, 5) is 27.2. The second kappa shape index (κ2) is 9.20. The van der Waals surface area contributed by atoms with E-state index in [0.717, 1.165) is 18.5 Å². The van der Waals surface area contributed by atoms with Crippen LogP contribution in [0.1, 0.15) is 24.5 Å². The third-order valence-corrected chi connectivity index (χ3v) is 3.42. The maximum Gasteiger partial charge on any atom is 0.239 e. The zero-order valence-electron chi connectivity index (χ0n) is 14.1. The summed E-state index contributed by atoms with van der Waals surface area (Å²) in [7, 11) is 3.98. The number of hydrogen-bond donors (Lipinski definition) is 1. The lowest BCUT2D eigenvalue weighted by atomic mass is 10.1. The zero-order valence-corrected chi connectivity index (χ0v) is 14.1. The summed E-state index contributed by atoms with van der Waals surface area (Å²) in [5.74, 6) is -0.190. The fourth-order valence-electron chi connectivity index (χ4n) is 2.06. The van der Waals surface area contributed by atoms with Crippen molar-refractivity contribution in [3.8, 4) is 0 Å². The SMILES string of the molecule is CC(=O)N(CCCN(C)C)CC(=O)NCc1ccc(C)cc1. The van der Waals surface area contributed by atoms with Crippen LogP contribution in [0.5, 0.6) is 0 Å². The lowest BCUT2D eigenvalue weighted by Crippen LogP contribution is -2.40. The van der Waals surface area contributed by atoms with Gasteiger partial charge in [-0.25, -0.2) is 0 Å². The molecule has 1 N–H and O–H groups in total. The van der Waals surface area contributed by atoms with Gasteiger partial charge in [0.05, 0.1) is 6.54 Å². The Morgan fingerprint density at radius 3 is 2.27 bits per heavy atom. The van der Waals surface area contributed by atoms with Crippen molar-refractivity contribution in [2.75, 3.05) is 33.7 Å². The monoisotopic (exact) mass is 305 g/mol. The number of hydrogen-bond acceptors (Lipinski definition) is 3. The predicted octanol–water partition coefficient (Wildman–Crippen LogP) is 1.41. The molecule has 0 spiro atoms. The van der Waals surface area contributed by atoms with Gasteiger partial charge in [-0.15, -0.1) is 0 Å². The summed E-state index contributed by atoms with van der Waals surface area (Å²) in [6, 6.07) is 8.03. The van der Waals surface area contributed by atoms with Gasteiger partial charge in [0.1, 0.15) is 0 Å². The molecule has 5 nitrogen and oxygen atoms in total. The lowest BCUT2D eigenvalue weighted by Gasteiger charge is -2.21. The second-order valence-corrected chi connectivity index (χ2v) is 5.86. The van der Waals surface area contributed by atoms with Crippen molar-refractivity contribution in [3.05, 3.63) is 35.4 Å². The molecule has 1 aromatic rings. The van der Waals surface area contributed by atoms with Crippen LogP contribution in [0.2, 0.25) is 0 Å².